The first-order valence-corrected chi connectivity index (χ1v) is 6.27. The molecule has 0 spiro atoms. The first kappa shape index (κ1) is 18.1. The molecule has 11 heteroatoms. The van der Waals surface area contributed by atoms with Crippen LogP contribution in [-0.4, -0.2) is 28.5 Å². The molecule has 4 nitrogen and oxygen atoms in total. The summed E-state index contributed by atoms with van der Waals surface area (Å²) in [6.07, 6.45) is -9.13. The molecule has 0 aliphatic heterocycles. The minimum Gasteiger partial charge on any atom is -0.423 e. The van der Waals surface area contributed by atoms with Crippen molar-refractivity contribution in [3.63, 3.8) is 0 Å². The van der Waals surface area contributed by atoms with E-state index in [-0.39, 0.29) is 5.56 Å². The summed E-state index contributed by atoms with van der Waals surface area (Å²) >= 11 is 0. The Morgan fingerprint density at radius 2 is 1.67 bits per heavy atom. The molecule has 0 saturated heterocycles. The maximum atomic E-state index is 13.0. The molecular weight excluding hydrogens is 343 g/mol. The summed E-state index contributed by atoms with van der Waals surface area (Å²) < 4.78 is 79.3. The van der Waals surface area contributed by atoms with E-state index in [1.165, 1.54) is 0 Å². The maximum Gasteiger partial charge on any atom is 0.573 e. The second-order valence-electron chi connectivity index (χ2n) is 4.57. The summed E-state index contributed by atoms with van der Waals surface area (Å²) in [6, 6.07) is 4.54. The predicted octanol–water partition coefficient (Wildman–Crippen LogP) is 2.35. The van der Waals surface area contributed by atoms with Gasteiger partial charge in [-0.15, -0.1) is 13.2 Å². The lowest BCUT2D eigenvalue weighted by Crippen LogP contribution is -2.38. The smallest absolute Gasteiger partial charge is 0.423 e. The zero-order chi connectivity index (χ0) is 18.1. The van der Waals surface area contributed by atoms with Crippen molar-refractivity contribution in [2.45, 2.75) is 12.5 Å². The molecule has 1 heterocycles. The third-order valence-corrected chi connectivity index (χ3v) is 2.89. The van der Waals surface area contributed by atoms with Gasteiger partial charge in [0.15, 0.2) is 0 Å². The van der Waals surface area contributed by atoms with E-state index in [1.807, 2.05) is 0 Å². The number of nitrogens with zero attached hydrogens (tertiary/aromatic N) is 1. The van der Waals surface area contributed by atoms with Gasteiger partial charge in [-0.3, -0.25) is 4.98 Å². The molecule has 1 aromatic heterocycles. The van der Waals surface area contributed by atoms with Gasteiger partial charge in [-0.25, -0.2) is 0 Å². The molecule has 0 saturated carbocycles. The molecular formula is C13H8BF6NO3. The summed E-state index contributed by atoms with van der Waals surface area (Å²) in [6.45, 7) is 0. The molecule has 1 aromatic carbocycles. The number of rotatable bonds is 3. The number of benzene rings is 1. The number of hydrogen-bond acceptors (Lipinski definition) is 4. The van der Waals surface area contributed by atoms with Gasteiger partial charge >= 0.3 is 19.7 Å². The fourth-order valence-electron chi connectivity index (χ4n) is 2.05. The van der Waals surface area contributed by atoms with E-state index in [1.54, 1.807) is 0 Å². The zero-order valence-electron chi connectivity index (χ0n) is 11.6. The highest BCUT2D eigenvalue weighted by Crippen LogP contribution is 2.31. The molecule has 0 aliphatic carbocycles. The van der Waals surface area contributed by atoms with Crippen LogP contribution in [0.1, 0.15) is 5.56 Å². The molecule has 128 valence electrons. The second-order valence-corrected chi connectivity index (χ2v) is 4.57. The summed E-state index contributed by atoms with van der Waals surface area (Å²) in [5.41, 5.74) is -3.04. The van der Waals surface area contributed by atoms with Gasteiger partial charge in [0.2, 0.25) is 0 Å². The van der Waals surface area contributed by atoms with E-state index in [4.69, 9.17) is 0 Å². The second kappa shape index (κ2) is 6.32. The third kappa shape index (κ3) is 4.17. The Morgan fingerprint density at radius 3 is 2.21 bits per heavy atom. The van der Waals surface area contributed by atoms with Crippen LogP contribution in [0.2, 0.25) is 0 Å². The molecule has 0 fully saturated rings. The Morgan fingerprint density at radius 1 is 1.00 bits per heavy atom. The lowest BCUT2D eigenvalue weighted by Gasteiger charge is -2.16. The highest BCUT2D eigenvalue weighted by molar-refractivity contribution is 6.61. The Labute approximate surface area is 131 Å². The number of ether oxygens (including phenoxy) is 1. The van der Waals surface area contributed by atoms with Gasteiger partial charge in [0.1, 0.15) is 5.75 Å². The molecule has 24 heavy (non-hydrogen) atoms. The lowest BCUT2D eigenvalue weighted by molar-refractivity contribution is -0.274. The molecule has 2 N–H and O–H groups in total. The molecule has 0 unspecified atom stereocenters. The molecule has 2 rings (SSSR count). The van der Waals surface area contributed by atoms with Crippen molar-refractivity contribution in [3.05, 3.63) is 42.1 Å². The quantitative estimate of drug-likeness (QED) is 0.658. The van der Waals surface area contributed by atoms with Crippen molar-refractivity contribution in [1.82, 2.24) is 4.98 Å². The molecule has 0 radical (unpaired) electrons. The number of alkyl halides is 6. The Kier molecular flexibility index (Phi) is 4.76. The van der Waals surface area contributed by atoms with E-state index < -0.39 is 42.1 Å². The van der Waals surface area contributed by atoms with Gasteiger partial charge in [-0.1, -0.05) is 12.1 Å². The fourth-order valence-corrected chi connectivity index (χ4v) is 2.05. The fraction of sp³-hybridized carbons (Fsp3) is 0.154. The largest absolute Gasteiger partial charge is 0.573 e. The average molecular weight is 351 g/mol. The van der Waals surface area contributed by atoms with Gasteiger partial charge in [-0.05, 0) is 18.2 Å². The van der Waals surface area contributed by atoms with Crippen LogP contribution >= 0.6 is 0 Å². The van der Waals surface area contributed by atoms with Crippen LogP contribution in [0.15, 0.2) is 36.5 Å². The van der Waals surface area contributed by atoms with Crippen LogP contribution < -0.4 is 10.2 Å². The zero-order valence-corrected chi connectivity index (χ0v) is 11.6. The summed E-state index contributed by atoms with van der Waals surface area (Å²) in [5, 5.41) is 18.5. The topological polar surface area (TPSA) is 62.6 Å². The SMILES string of the molecule is OB(O)c1c(C(F)(F)F)ccnc1-c1cccc(OC(F)(F)F)c1. The van der Waals surface area contributed by atoms with Gasteiger partial charge in [0, 0.05) is 17.2 Å². The summed E-state index contributed by atoms with van der Waals surface area (Å²) in [4.78, 5) is 3.63. The van der Waals surface area contributed by atoms with Crippen LogP contribution in [0.3, 0.4) is 0 Å². The Hall–Kier alpha value is -2.27. The minimum absolute atomic E-state index is 0.203. The summed E-state index contributed by atoms with van der Waals surface area (Å²) in [5.74, 6) is -0.683. The third-order valence-electron chi connectivity index (χ3n) is 2.89. The van der Waals surface area contributed by atoms with Crippen LogP contribution in [0.5, 0.6) is 5.75 Å². The van der Waals surface area contributed by atoms with Crippen molar-refractivity contribution < 1.29 is 41.1 Å². The van der Waals surface area contributed by atoms with Gasteiger partial charge in [-0.2, -0.15) is 13.2 Å². The summed E-state index contributed by atoms with van der Waals surface area (Å²) in [7, 11) is -2.53. The minimum atomic E-state index is -4.99. The van der Waals surface area contributed by atoms with Crippen molar-refractivity contribution in [2.75, 3.05) is 0 Å². The first-order valence-electron chi connectivity index (χ1n) is 6.27. The normalized spacial score (nSPS) is 12.2. The molecule has 0 amide bonds. The van der Waals surface area contributed by atoms with E-state index in [9.17, 15) is 36.4 Å². The van der Waals surface area contributed by atoms with E-state index in [0.29, 0.717) is 6.07 Å². The lowest BCUT2D eigenvalue weighted by atomic mass is 9.74. The standard InChI is InChI=1S/C13H8BF6NO3/c15-12(16,17)9-4-5-21-11(10(9)14(22)23)7-2-1-3-8(6-7)24-13(18,19)20/h1-6,22-23H. The Balaban J connectivity index is 2.59. The molecule has 0 aliphatic rings. The molecule has 0 bridgehead atoms. The van der Waals surface area contributed by atoms with Crippen LogP contribution in [0, 0.1) is 0 Å². The average Bonchev–Trinajstić information content (AvgIpc) is 2.44. The van der Waals surface area contributed by atoms with E-state index in [2.05, 4.69) is 9.72 Å². The van der Waals surface area contributed by atoms with E-state index >= 15 is 0 Å². The van der Waals surface area contributed by atoms with Crippen LogP contribution in [0.25, 0.3) is 11.3 Å². The van der Waals surface area contributed by atoms with Crippen molar-refractivity contribution in [1.29, 1.82) is 0 Å². The van der Waals surface area contributed by atoms with Crippen LogP contribution in [-0.2, 0) is 6.18 Å². The Bertz CT molecular complexity index is 732. The van der Waals surface area contributed by atoms with Crippen molar-refractivity contribution in [3.8, 4) is 17.0 Å². The van der Waals surface area contributed by atoms with Gasteiger partial charge < -0.3 is 14.8 Å². The van der Waals surface area contributed by atoms with Crippen molar-refractivity contribution >= 4 is 12.6 Å². The van der Waals surface area contributed by atoms with Gasteiger partial charge in [0.25, 0.3) is 0 Å². The number of hydrogen-bond donors (Lipinski definition) is 2. The van der Waals surface area contributed by atoms with Crippen molar-refractivity contribution in [2.24, 2.45) is 0 Å². The predicted molar refractivity (Wildman–Crippen MR) is 71.2 cm³/mol. The number of aromatic nitrogens is 1. The van der Waals surface area contributed by atoms with E-state index in [0.717, 1.165) is 30.5 Å². The highest BCUT2D eigenvalue weighted by Gasteiger charge is 2.38. The first-order chi connectivity index (χ1) is 11.0. The highest BCUT2D eigenvalue weighted by atomic mass is 19.4. The molecule has 2 aromatic rings. The van der Waals surface area contributed by atoms with Gasteiger partial charge in [0.05, 0.1) is 11.3 Å². The monoisotopic (exact) mass is 351 g/mol. The maximum absolute atomic E-state index is 13.0. The number of pyridine rings is 1. The number of halogens is 6. The van der Waals surface area contributed by atoms with Crippen LogP contribution in [0.4, 0.5) is 26.3 Å². The molecule has 0 atom stereocenters.